The monoisotopic (exact) mass is 276 g/mol. The summed E-state index contributed by atoms with van der Waals surface area (Å²) in [4.78, 5) is 20.3. The Morgan fingerprint density at radius 1 is 1.53 bits per heavy atom. The summed E-state index contributed by atoms with van der Waals surface area (Å²) in [5.41, 5.74) is 7.34. The van der Waals surface area contributed by atoms with E-state index in [-0.39, 0.29) is 11.4 Å². The Kier molecular flexibility index (Phi) is 3.36. The van der Waals surface area contributed by atoms with Crippen LogP contribution in [0, 0.1) is 12.3 Å². The number of methoxy groups -OCH3 is 1. The SMILES string of the molecule is C#Cc1nc(SC)nc2c1c(N)c(C(=O)OC)n2C. The van der Waals surface area contributed by atoms with Gasteiger partial charge in [0, 0.05) is 7.05 Å². The number of aromatic nitrogens is 3. The van der Waals surface area contributed by atoms with Crippen LogP contribution in [0.2, 0.25) is 0 Å². The van der Waals surface area contributed by atoms with Crippen LogP contribution in [0.4, 0.5) is 5.69 Å². The van der Waals surface area contributed by atoms with Gasteiger partial charge >= 0.3 is 5.97 Å². The highest BCUT2D eigenvalue weighted by Crippen LogP contribution is 2.30. The third-order valence-electron chi connectivity index (χ3n) is 2.75. The summed E-state index contributed by atoms with van der Waals surface area (Å²) in [5.74, 6) is 1.94. The van der Waals surface area contributed by atoms with Crippen LogP contribution in [0.15, 0.2) is 5.16 Å². The van der Waals surface area contributed by atoms with E-state index in [4.69, 9.17) is 16.9 Å². The van der Waals surface area contributed by atoms with E-state index >= 15 is 0 Å². The maximum Gasteiger partial charge on any atom is 0.356 e. The number of hydrogen-bond donors (Lipinski definition) is 1. The van der Waals surface area contributed by atoms with Crippen molar-refractivity contribution in [1.82, 2.24) is 14.5 Å². The van der Waals surface area contributed by atoms with Crippen LogP contribution >= 0.6 is 11.8 Å². The molecule has 2 N–H and O–H groups in total. The van der Waals surface area contributed by atoms with Crippen molar-refractivity contribution in [2.75, 3.05) is 19.1 Å². The maximum atomic E-state index is 11.8. The van der Waals surface area contributed by atoms with Crippen molar-refractivity contribution < 1.29 is 9.53 Å². The average molecular weight is 276 g/mol. The van der Waals surface area contributed by atoms with Gasteiger partial charge in [-0.2, -0.15) is 0 Å². The van der Waals surface area contributed by atoms with Crippen molar-refractivity contribution in [2.45, 2.75) is 5.16 Å². The zero-order valence-electron chi connectivity index (χ0n) is 10.7. The molecule has 0 aromatic carbocycles. The molecule has 2 heterocycles. The molecule has 0 aliphatic rings. The topological polar surface area (TPSA) is 83.0 Å². The molecule has 0 bridgehead atoms. The number of terminal acetylenes is 1. The Morgan fingerprint density at radius 2 is 2.21 bits per heavy atom. The smallest absolute Gasteiger partial charge is 0.356 e. The van der Waals surface area contributed by atoms with E-state index in [1.54, 1.807) is 11.6 Å². The van der Waals surface area contributed by atoms with Gasteiger partial charge in [0.2, 0.25) is 0 Å². The van der Waals surface area contributed by atoms with Crippen molar-refractivity contribution in [3.05, 3.63) is 11.4 Å². The van der Waals surface area contributed by atoms with E-state index in [0.29, 0.717) is 21.9 Å². The third-order valence-corrected chi connectivity index (χ3v) is 3.29. The summed E-state index contributed by atoms with van der Waals surface area (Å²) >= 11 is 1.36. The molecule has 0 radical (unpaired) electrons. The number of anilines is 1. The molecule has 0 aliphatic heterocycles. The molecular weight excluding hydrogens is 264 g/mol. The lowest BCUT2D eigenvalue weighted by Crippen LogP contribution is -2.10. The number of carbonyl (C=O) groups excluding carboxylic acids is 1. The van der Waals surface area contributed by atoms with Crippen LogP contribution in [-0.4, -0.2) is 33.9 Å². The molecule has 0 atom stereocenters. The van der Waals surface area contributed by atoms with Gasteiger partial charge in [0.05, 0.1) is 18.2 Å². The van der Waals surface area contributed by atoms with Crippen LogP contribution in [0.25, 0.3) is 11.0 Å². The molecule has 0 amide bonds. The van der Waals surface area contributed by atoms with Gasteiger partial charge in [-0.1, -0.05) is 11.8 Å². The summed E-state index contributed by atoms with van der Waals surface area (Å²) < 4.78 is 6.28. The molecule has 2 aromatic heterocycles. The number of aryl methyl sites for hydroxylation is 1. The summed E-state index contributed by atoms with van der Waals surface area (Å²) in [6, 6.07) is 0. The van der Waals surface area contributed by atoms with E-state index in [1.165, 1.54) is 18.9 Å². The summed E-state index contributed by atoms with van der Waals surface area (Å²) in [6.45, 7) is 0. The first kappa shape index (κ1) is 13.2. The Hall–Kier alpha value is -2.20. The second kappa shape index (κ2) is 4.82. The number of thioether (sulfide) groups is 1. The van der Waals surface area contributed by atoms with Gasteiger partial charge in [-0.05, 0) is 12.2 Å². The summed E-state index contributed by atoms with van der Waals surface area (Å²) in [5, 5.41) is 1.03. The van der Waals surface area contributed by atoms with Gasteiger partial charge < -0.3 is 15.0 Å². The standard InChI is InChI=1S/C12H12N4O2S/c1-5-6-7-8(13)9(11(17)18-3)16(2)10(7)15-12(14-6)19-4/h1H,13H2,2-4H3. The molecule has 6 nitrogen and oxygen atoms in total. The summed E-state index contributed by atoms with van der Waals surface area (Å²) in [7, 11) is 2.98. The van der Waals surface area contributed by atoms with Crippen molar-refractivity contribution in [3.63, 3.8) is 0 Å². The van der Waals surface area contributed by atoms with Gasteiger partial charge in [0.1, 0.15) is 11.3 Å². The summed E-state index contributed by atoms with van der Waals surface area (Å²) in [6.07, 6.45) is 7.29. The molecule has 0 spiro atoms. The first-order chi connectivity index (χ1) is 9.04. The molecule has 0 saturated carbocycles. The molecule has 2 aromatic rings. The molecule has 19 heavy (non-hydrogen) atoms. The zero-order chi connectivity index (χ0) is 14.2. The van der Waals surface area contributed by atoms with Crippen LogP contribution in [0.3, 0.4) is 0 Å². The lowest BCUT2D eigenvalue weighted by Gasteiger charge is -2.02. The van der Waals surface area contributed by atoms with E-state index in [0.717, 1.165) is 0 Å². The number of nitrogen functional groups attached to an aromatic ring is 1. The zero-order valence-corrected chi connectivity index (χ0v) is 11.5. The third kappa shape index (κ3) is 1.90. The van der Waals surface area contributed by atoms with Crippen LogP contribution in [0.1, 0.15) is 16.2 Å². The normalized spacial score (nSPS) is 10.4. The van der Waals surface area contributed by atoms with Crippen molar-refractivity contribution in [2.24, 2.45) is 7.05 Å². The Balaban J connectivity index is 2.92. The number of hydrogen-bond acceptors (Lipinski definition) is 6. The maximum absolute atomic E-state index is 11.8. The van der Waals surface area contributed by atoms with Crippen LogP contribution in [0.5, 0.6) is 0 Å². The molecule has 0 fully saturated rings. The van der Waals surface area contributed by atoms with Gasteiger partial charge in [-0.15, -0.1) is 6.42 Å². The molecule has 2 rings (SSSR count). The Bertz CT molecular complexity index is 715. The van der Waals surface area contributed by atoms with Gasteiger partial charge in [-0.25, -0.2) is 14.8 Å². The van der Waals surface area contributed by atoms with Crippen molar-refractivity contribution in [3.8, 4) is 12.3 Å². The second-order valence-corrected chi connectivity index (χ2v) is 4.49. The average Bonchev–Trinajstić information content (AvgIpc) is 2.69. The van der Waals surface area contributed by atoms with Gasteiger partial charge in [0.15, 0.2) is 10.9 Å². The molecule has 0 saturated heterocycles. The predicted molar refractivity (Wildman–Crippen MR) is 74.0 cm³/mol. The fraction of sp³-hybridized carbons (Fsp3) is 0.250. The van der Waals surface area contributed by atoms with E-state index in [9.17, 15) is 4.79 Å². The lowest BCUT2D eigenvalue weighted by molar-refractivity contribution is 0.0591. The van der Waals surface area contributed by atoms with E-state index in [1.807, 2.05) is 6.26 Å². The Morgan fingerprint density at radius 3 is 2.74 bits per heavy atom. The minimum absolute atomic E-state index is 0.224. The quantitative estimate of drug-likeness (QED) is 0.382. The number of carbonyl (C=O) groups is 1. The van der Waals surface area contributed by atoms with Gasteiger partial charge in [-0.3, -0.25) is 0 Å². The molecule has 7 heteroatoms. The number of rotatable bonds is 2. The number of nitrogens with two attached hydrogens (primary N) is 1. The molecule has 0 unspecified atom stereocenters. The van der Waals surface area contributed by atoms with Crippen LogP contribution < -0.4 is 5.73 Å². The number of fused-ring (bicyclic) bond motifs is 1. The minimum Gasteiger partial charge on any atom is -0.464 e. The highest BCUT2D eigenvalue weighted by Gasteiger charge is 2.23. The molecule has 98 valence electrons. The van der Waals surface area contributed by atoms with E-state index in [2.05, 4.69) is 15.9 Å². The number of ether oxygens (including phenoxy) is 1. The minimum atomic E-state index is -0.535. The number of nitrogens with zero attached hydrogens (tertiary/aromatic N) is 3. The van der Waals surface area contributed by atoms with Gasteiger partial charge in [0.25, 0.3) is 0 Å². The first-order valence-corrected chi connectivity index (χ1v) is 6.52. The Labute approximate surface area is 114 Å². The predicted octanol–water partition coefficient (Wildman–Crippen LogP) is 1.04. The van der Waals surface area contributed by atoms with Crippen LogP contribution in [-0.2, 0) is 11.8 Å². The largest absolute Gasteiger partial charge is 0.464 e. The lowest BCUT2D eigenvalue weighted by atomic mass is 10.2. The van der Waals surface area contributed by atoms with E-state index < -0.39 is 5.97 Å². The molecule has 0 aliphatic carbocycles. The van der Waals surface area contributed by atoms with Crippen molar-refractivity contribution >= 4 is 34.5 Å². The number of esters is 1. The highest BCUT2D eigenvalue weighted by molar-refractivity contribution is 7.98. The second-order valence-electron chi connectivity index (χ2n) is 3.71. The fourth-order valence-corrected chi connectivity index (χ4v) is 2.22. The fourth-order valence-electron chi connectivity index (χ4n) is 1.86. The first-order valence-electron chi connectivity index (χ1n) is 5.30. The molecular formula is C12H12N4O2S. The highest BCUT2D eigenvalue weighted by atomic mass is 32.2. The van der Waals surface area contributed by atoms with Crippen molar-refractivity contribution in [1.29, 1.82) is 0 Å².